The topological polar surface area (TPSA) is 62.7 Å². The molecule has 0 atom stereocenters. The molecule has 150 valence electrons. The largest absolute Gasteiger partial charge is 0.478 e. The second kappa shape index (κ2) is 8.69. The van der Waals surface area contributed by atoms with E-state index in [1.807, 2.05) is 18.2 Å². The summed E-state index contributed by atoms with van der Waals surface area (Å²) >= 11 is 0. The van der Waals surface area contributed by atoms with Crippen molar-refractivity contribution in [2.45, 2.75) is 32.4 Å². The van der Waals surface area contributed by atoms with E-state index in [0.717, 1.165) is 37.1 Å². The molecule has 1 saturated heterocycles. The van der Waals surface area contributed by atoms with Crippen molar-refractivity contribution in [2.24, 2.45) is 5.92 Å². The maximum Gasteiger partial charge on any atom is 0.335 e. The zero-order valence-electron chi connectivity index (χ0n) is 16.4. The van der Waals surface area contributed by atoms with Crippen LogP contribution in [0.5, 0.6) is 5.88 Å². The molecule has 0 bridgehead atoms. The summed E-state index contributed by atoms with van der Waals surface area (Å²) in [4.78, 5) is 17.6. The van der Waals surface area contributed by atoms with Gasteiger partial charge in [0.25, 0.3) is 0 Å². The van der Waals surface area contributed by atoms with Crippen molar-refractivity contribution < 1.29 is 19.0 Å². The molecule has 1 aliphatic rings. The first-order valence-electron chi connectivity index (χ1n) is 9.64. The molecule has 1 aliphatic heterocycles. The molecular weight excluding hydrogens is 359 g/mol. The Morgan fingerprint density at radius 3 is 2.61 bits per heavy atom. The van der Waals surface area contributed by atoms with Gasteiger partial charge in [-0.25, -0.2) is 14.2 Å². The number of aromatic carboxylic acids is 1. The molecule has 2 heterocycles. The van der Waals surface area contributed by atoms with Crippen molar-refractivity contribution in [3.63, 3.8) is 0 Å². The standard InChI is InChI=1S/C22H27FN2O3/c1-22(2,23)15-25-10-8-16(9-11-25)14-28-20-7-6-19(13-24-20)17-4-3-5-18(12-17)21(26)27/h3-7,12-13,16H,8-11,14-15H2,1-2H3,(H,26,27). The zero-order valence-corrected chi connectivity index (χ0v) is 16.4. The second-order valence-electron chi connectivity index (χ2n) is 8.02. The molecule has 1 aromatic carbocycles. The molecule has 1 aromatic heterocycles. The maximum absolute atomic E-state index is 13.8. The SMILES string of the molecule is CC(C)(F)CN1CCC(COc2ccc(-c3cccc(C(=O)O)c3)cn2)CC1. The first-order valence-corrected chi connectivity index (χ1v) is 9.64. The van der Waals surface area contributed by atoms with E-state index in [-0.39, 0.29) is 5.56 Å². The quantitative estimate of drug-likeness (QED) is 0.769. The van der Waals surface area contributed by atoms with E-state index in [0.29, 0.717) is 24.9 Å². The first kappa shape index (κ1) is 20.3. The lowest BCUT2D eigenvalue weighted by molar-refractivity contribution is 0.0696. The molecule has 1 N–H and O–H groups in total. The molecule has 0 unspecified atom stereocenters. The number of aromatic nitrogens is 1. The zero-order chi connectivity index (χ0) is 20.1. The average molecular weight is 386 g/mol. The summed E-state index contributed by atoms with van der Waals surface area (Å²) in [5.41, 5.74) is 0.749. The van der Waals surface area contributed by atoms with Crippen molar-refractivity contribution in [2.75, 3.05) is 26.2 Å². The minimum Gasteiger partial charge on any atom is -0.478 e. The van der Waals surface area contributed by atoms with Gasteiger partial charge in [0.15, 0.2) is 0 Å². The van der Waals surface area contributed by atoms with Crippen LogP contribution in [0.2, 0.25) is 0 Å². The first-order chi connectivity index (χ1) is 13.3. The van der Waals surface area contributed by atoms with Crippen molar-refractivity contribution >= 4 is 5.97 Å². The number of halogens is 1. The number of carboxylic acid groups (broad SMARTS) is 1. The van der Waals surface area contributed by atoms with Gasteiger partial charge in [-0.2, -0.15) is 0 Å². The van der Waals surface area contributed by atoms with Crippen LogP contribution in [0, 0.1) is 5.92 Å². The second-order valence-corrected chi connectivity index (χ2v) is 8.02. The van der Waals surface area contributed by atoms with E-state index in [1.165, 1.54) is 0 Å². The summed E-state index contributed by atoms with van der Waals surface area (Å²) in [6, 6.07) is 10.5. The molecule has 2 aromatic rings. The minimum absolute atomic E-state index is 0.250. The third-order valence-electron chi connectivity index (χ3n) is 4.95. The van der Waals surface area contributed by atoms with Gasteiger partial charge in [0, 0.05) is 24.4 Å². The Bertz CT molecular complexity index is 794. The van der Waals surface area contributed by atoms with Gasteiger partial charge >= 0.3 is 5.97 Å². The van der Waals surface area contributed by atoms with Crippen LogP contribution in [0.25, 0.3) is 11.1 Å². The molecule has 0 spiro atoms. The van der Waals surface area contributed by atoms with Crippen LogP contribution < -0.4 is 4.74 Å². The highest BCUT2D eigenvalue weighted by atomic mass is 19.1. The Balaban J connectivity index is 1.50. The van der Waals surface area contributed by atoms with Crippen molar-refractivity contribution in [3.05, 3.63) is 48.2 Å². The van der Waals surface area contributed by atoms with E-state index >= 15 is 0 Å². The molecule has 3 rings (SSSR count). The molecule has 0 saturated carbocycles. The van der Waals surface area contributed by atoms with Gasteiger partial charge in [-0.3, -0.25) is 0 Å². The maximum atomic E-state index is 13.8. The summed E-state index contributed by atoms with van der Waals surface area (Å²) in [5, 5.41) is 9.11. The predicted octanol–water partition coefficient (Wildman–Crippen LogP) is 4.29. The molecule has 1 fully saturated rings. The summed E-state index contributed by atoms with van der Waals surface area (Å²) in [5.74, 6) is 0.0639. The van der Waals surface area contributed by atoms with E-state index in [4.69, 9.17) is 9.84 Å². The number of hydrogen-bond acceptors (Lipinski definition) is 4. The number of ether oxygens (including phenoxy) is 1. The number of rotatable bonds is 7. The number of alkyl halides is 1. The number of hydrogen-bond donors (Lipinski definition) is 1. The van der Waals surface area contributed by atoms with Gasteiger partial charge in [-0.05, 0) is 69.5 Å². The Hall–Kier alpha value is -2.47. The Kier molecular flexibility index (Phi) is 6.29. The number of carbonyl (C=O) groups is 1. The fourth-order valence-corrected chi connectivity index (χ4v) is 3.51. The van der Waals surface area contributed by atoms with Crippen LogP contribution in [0.4, 0.5) is 4.39 Å². The highest BCUT2D eigenvalue weighted by Crippen LogP contribution is 2.24. The lowest BCUT2D eigenvalue weighted by atomic mass is 9.97. The summed E-state index contributed by atoms with van der Waals surface area (Å²) < 4.78 is 19.6. The molecule has 0 aliphatic carbocycles. The van der Waals surface area contributed by atoms with Gasteiger partial charge in [-0.1, -0.05) is 12.1 Å². The number of pyridine rings is 1. The fraction of sp³-hybridized carbons (Fsp3) is 0.455. The smallest absolute Gasteiger partial charge is 0.335 e. The lowest BCUT2D eigenvalue weighted by Crippen LogP contribution is -2.41. The number of nitrogens with zero attached hydrogens (tertiary/aromatic N) is 2. The van der Waals surface area contributed by atoms with Gasteiger partial charge in [-0.15, -0.1) is 0 Å². The number of benzene rings is 1. The Morgan fingerprint density at radius 2 is 2.00 bits per heavy atom. The normalized spacial score (nSPS) is 16.1. The average Bonchev–Trinajstić information content (AvgIpc) is 2.67. The molecule has 5 nitrogen and oxygen atoms in total. The lowest BCUT2D eigenvalue weighted by Gasteiger charge is -2.34. The van der Waals surface area contributed by atoms with Crippen molar-refractivity contribution in [1.29, 1.82) is 0 Å². The van der Waals surface area contributed by atoms with E-state index < -0.39 is 11.6 Å². The van der Waals surface area contributed by atoms with Crippen LogP contribution >= 0.6 is 0 Å². The summed E-state index contributed by atoms with van der Waals surface area (Å²) in [7, 11) is 0. The number of likely N-dealkylation sites (tertiary alicyclic amines) is 1. The van der Waals surface area contributed by atoms with Gasteiger partial charge in [0.1, 0.15) is 5.67 Å². The van der Waals surface area contributed by atoms with Gasteiger partial charge in [0.2, 0.25) is 5.88 Å². The molecule has 0 radical (unpaired) electrons. The highest BCUT2D eigenvalue weighted by Gasteiger charge is 2.25. The van der Waals surface area contributed by atoms with Crippen molar-refractivity contribution in [1.82, 2.24) is 9.88 Å². The summed E-state index contributed by atoms with van der Waals surface area (Å²) in [6.45, 7) is 6.12. The molecular formula is C22H27FN2O3. The monoisotopic (exact) mass is 386 g/mol. The van der Waals surface area contributed by atoms with Gasteiger partial charge in [0.05, 0.1) is 12.2 Å². The highest BCUT2D eigenvalue weighted by molar-refractivity contribution is 5.89. The Morgan fingerprint density at radius 1 is 1.25 bits per heavy atom. The van der Waals surface area contributed by atoms with E-state index in [1.54, 1.807) is 38.2 Å². The van der Waals surface area contributed by atoms with Gasteiger partial charge < -0.3 is 14.7 Å². The van der Waals surface area contributed by atoms with E-state index in [9.17, 15) is 9.18 Å². The summed E-state index contributed by atoms with van der Waals surface area (Å²) in [6.07, 6.45) is 3.69. The number of piperidine rings is 1. The molecule has 28 heavy (non-hydrogen) atoms. The van der Waals surface area contributed by atoms with Crippen molar-refractivity contribution in [3.8, 4) is 17.0 Å². The molecule has 0 amide bonds. The van der Waals surface area contributed by atoms with Crippen LogP contribution in [0.15, 0.2) is 42.6 Å². The van der Waals surface area contributed by atoms with Crippen LogP contribution in [-0.4, -0.2) is 52.9 Å². The predicted molar refractivity (Wildman–Crippen MR) is 106 cm³/mol. The fourth-order valence-electron chi connectivity index (χ4n) is 3.51. The number of carboxylic acids is 1. The van der Waals surface area contributed by atoms with Crippen LogP contribution in [0.3, 0.4) is 0 Å². The molecule has 6 heteroatoms. The van der Waals surface area contributed by atoms with Crippen LogP contribution in [0.1, 0.15) is 37.0 Å². The minimum atomic E-state index is -1.15. The third kappa shape index (κ3) is 5.76. The third-order valence-corrected chi connectivity index (χ3v) is 4.95. The van der Waals surface area contributed by atoms with Crippen LogP contribution in [-0.2, 0) is 0 Å². The Labute approximate surface area is 165 Å². The van der Waals surface area contributed by atoms with E-state index in [2.05, 4.69) is 9.88 Å².